The number of amidine groups is 1. The molecule has 1 aliphatic rings. The highest BCUT2D eigenvalue weighted by atomic mass is 14.8. The highest BCUT2D eigenvalue weighted by Gasteiger charge is 1.98. The SMILES string of the molecule is N=C1C=CC=NC1=N. The van der Waals surface area contributed by atoms with Crippen molar-refractivity contribution in [3.05, 3.63) is 12.2 Å². The monoisotopic (exact) mass is 107 g/mol. The van der Waals surface area contributed by atoms with Gasteiger partial charge in [0.15, 0.2) is 5.84 Å². The molecule has 1 aliphatic heterocycles. The molecule has 3 heteroatoms. The summed E-state index contributed by atoms with van der Waals surface area (Å²) in [7, 11) is 0. The molecule has 0 spiro atoms. The van der Waals surface area contributed by atoms with Gasteiger partial charge in [-0.1, -0.05) is 0 Å². The summed E-state index contributed by atoms with van der Waals surface area (Å²) in [4.78, 5) is 3.56. The maximum Gasteiger partial charge on any atom is 0.169 e. The highest BCUT2D eigenvalue weighted by Crippen LogP contribution is 1.87. The zero-order valence-electron chi connectivity index (χ0n) is 4.18. The van der Waals surface area contributed by atoms with Gasteiger partial charge in [0.05, 0.1) is 5.71 Å². The number of allylic oxidation sites excluding steroid dienone is 1. The van der Waals surface area contributed by atoms with E-state index < -0.39 is 0 Å². The first-order valence-electron chi connectivity index (χ1n) is 2.19. The van der Waals surface area contributed by atoms with Crippen LogP contribution in [0.5, 0.6) is 0 Å². The molecule has 0 aliphatic carbocycles. The van der Waals surface area contributed by atoms with Crippen LogP contribution >= 0.6 is 0 Å². The lowest BCUT2D eigenvalue weighted by molar-refractivity contribution is 1.44. The van der Waals surface area contributed by atoms with Crippen LogP contribution in [0.4, 0.5) is 0 Å². The van der Waals surface area contributed by atoms with Crippen molar-refractivity contribution in [2.45, 2.75) is 0 Å². The number of hydrogen-bond acceptors (Lipinski definition) is 2. The summed E-state index contributed by atoms with van der Waals surface area (Å²) in [5.41, 5.74) is 0.174. The van der Waals surface area contributed by atoms with E-state index in [-0.39, 0.29) is 11.5 Å². The van der Waals surface area contributed by atoms with Crippen LogP contribution in [0.1, 0.15) is 0 Å². The molecule has 0 atom stereocenters. The second-order valence-electron chi connectivity index (χ2n) is 1.40. The molecule has 0 radical (unpaired) electrons. The average Bonchev–Trinajstić information content (AvgIpc) is 1.77. The summed E-state index contributed by atoms with van der Waals surface area (Å²) in [5, 5.41) is 13.9. The Balaban J connectivity index is 2.89. The van der Waals surface area contributed by atoms with E-state index in [0.29, 0.717) is 0 Å². The number of aliphatic imine (C=N–C) groups is 1. The lowest BCUT2D eigenvalue weighted by Gasteiger charge is -1.95. The van der Waals surface area contributed by atoms with Crippen LogP contribution in [0.15, 0.2) is 17.1 Å². The summed E-state index contributed by atoms with van der Waals surface area (Å²) in [6.07, 6.45) is 4.68. The summed E-state index contributed by atoms with van der Waals surface area (Å²) in [6, 6.07) is 0. The first kappa shape index (κ1) is 4.90. The molecule has 0 saturated carbocycles. The number of nitrogens with one attached hydrogen (secondary N) is 2. The zero-order chi connectivity index (χ0) is 5.98. The topological polar surface area (TPSA) is 60.1 Å². The fourth-order valence-corrected chi connectivity index (χ4v) is 0.405. The first-order valence-corrected chi connectivity index (χ1v) is 2.19. The molecule has 1 heterocycles. The van der Waals surface area contributed by atoms with Crippen LogP contribution in [0.25, 0.3) is 0 Å². The van der Waals surface area contributed by atoms with E-state index in [1.54, 1.807) is 6.08 Å². The Hall–Kier alpha value is -1.25. The fraction of sp³-hybridized carbons (Fsp3) is 0. The normalized spacial score (nSPS) is 17.5. The summed E-state index contributed by atoms with van der Waals surface area (Å²) in [6.45, 7) is 0. The van der Waals surface area contributed by atoms with Crippen molar-refractivity contribution >= 4 is 17.8 Å². The van der Waals surface area contributed by atoms with Gasteiger partial charge in [0.2, 0.25) is 0 Å². The van der Waals surface area contributed by atoms with Crippen LogP contribution in [-0.4, -0.2) is 17.8 Å². The molecule has 0 aromatic rings. The predicted octanol–water partition coefficient (Wildman–Crippen LogP) is 0.624. The first-order chi connectivity index (χ1) is 3.80. The largest absolute Gasteiger partial charge is 0.297 e. The van der Waals surface area contributed by atoms with Crippen molar-refractivity contribution in [2.75, 3.05) is 0 Å². The number of dihydropyridines is 1. The maximum absolute atomic E-state index is 6.97. The molecule has 3 nitrogen and oxygen atoms in total. The summed E-state index contributed by atoms with van der Waals surface area (Å²) >= 11 is 0. The molecule has 0 saturated heterocycles. The third-order valence-corrected chi connectivity index (χ3v) is 0.808. The lowest BCUT2D eigenvalue weighted by atomic mass is 10.3. The highest BCUT2D eigenvalue weighted by molar-refractivity contribution is 6.46. The Morgan fingerprint density at radius 1 is 1.38 bits per heavy atom. The van der Waals surface area contributed by atoms with Crippen LogP contribution in [-0.2, 0) is 0 Å². The van der Waals surface area contributed by atoms with E-state index in [9.17, 15) is 0 Å². The average molecular weight is 107 g/mol. The van der Waals surface area contributed by atoms with Gasteiger partial charge in [-0.25, -0.2) is 4.99 Å². The Morgan fingerprint density at radius 2 is 2.12 bits per heavy atom. The molecule has 0 aromatic carbocycles. The molecule has 0 amide bonds. The van der Waals surface area contributed by atoms with E-state index in [2.05, 4.69) is 4.99 Å². The minimum atomic E-state index is 0.0347. The summed E-state index contributed by atoms with van der Waals surface area (Å²) < 4.78 is 0. The van der Waals surface area contributed by atoms with Gasteiger partial charge >= 0.3 is 0 Å². The van der Waals surface area contributed by atoms with Crippen molar-refractivity contribution < 1.29 is 0 Å². The Morgan fingerprint density at radius 3 is 2.50 bits per heavy atom. The number of hydrogen-bond donors (Lipinski definition) is 2. The predicted molar refractivity (Wildman–Crippen MR) is 33.1 cm³/mol. The van der Waals surface area contributed by atoms with Gasteiger partial charge < -0.3 is 0 Å². The van der Waals surface area contributed by atoms with Crippen LogP contribution < -0.4 is 0 Å². The molecule has 0 unspecified atom stereocenters. The third kappa shape index (κ3) is 0.703. The Bertz CT molecular complexity index is 166. The zero-order valence-corrected chi connectivity index (χ0v) is 4.18. The molecule has 1 rings (SSSR count). The summed E-state index contributed by atoms with van der Waals surface area (Å²) in [5.74, 6) is 0.0347. The van der Waals surface area contributed by atoms with Crippen LogP contribution in [0, 0.1) is 10.8 Å². The molecule has 0 aromatic heterocycles. The maximum atomic E-state index is 6.97. The quantitative estimate of drug-likeness (QED) is 0.456. The van der Waals surface area contributed by atoms with Crippen molar-refractivity contribution in [3.63, 3.8) is 0 Å². The van der Waals surface area contributed by atoms with Gasteiger partial charge in [-0.15, -0.1) is 0 Å². The van der Waals surface area contributed by atoms with Gasteiger partial charge in [0.25, 0.3) is 0 Å². The number of rotatable bonds is 0. The van der Waals surface area contributed by atoms with E-state index in [4.69, 9.17) is 10.8 Å². The van der Waals surface area contributed by atoms with Crippen LogP contribution in [0.2, 0.25) is 0 Å². The van der Waals surface area contributed by atoms with Gasteiger partial charge in [0, 0.05) is 6.21 Å². The fourth-order valence-electron chi connectivity index (χ4n) is 0.405. The van der Waals surface area contributed by atoms with Crippen LogP contribution in [0.3, 0.4) is 0 Å². The van der Waals surface area contributed by atoms with Crippen molar-refractivity contribution in [1.82, 2.24) is 0 Å². The second kappa shape index (κ2) is 1.69. The van der Waals surface area contributed by atoms with Crippen molar-refractivity contribution in [3.8, 4) is 0 Å². The van der Waals surface area contributed by atoms with Gasteiger partial charge in [-0.2, -0.15) is 0 Å². The molecular weight excluding hydrogens is 102 g/mol. The second-order valence-corrected chi connectivity index (χ2v) is 1.40. The number of nitrogens with zero attached hydrogens (tertiary/aromatic N) is 1. The van der Waals surface area contributed by atoms with Gasteiger partial charge in [0.1, 0.15) is 0 Å². The van der Waals surface area contributed by atoms with Crippen molar-refractivity contribution in [2.24, 2.45) is 4.99 Å². The molecule has 0 fully saturated rings. The van der Waals surface area contributed by atoms with E-state index >= 15 is 0 Å². The minimum Gasteiger partial charge on any atom is -0.297 e. The van der Waals surface area contributed by atoms with Gasteiger partial charge in [-0.05, 0) is 12.2 Å². The smallest absolute Gasteiger partial charge is 0.169 e. The molecule has 8 heavy (non-hydrogen) atoms. The van der Waals surface area contributed by atoms with E-state index in [1.807, 2.05) is 0 Å². The molecule has 0 bridgehead atoms. The molecule has 40 valence electrons. The van der Waals surface area contributed by atoms with E-state index in [0.717, 1.165) is 0 Å². The van der Waals surface area contributed by atoms with E-state index in [1.165, 1.54) is 12.3 Å². The molecule has 2 N–H and O–H groups in total. The van der Waals surface area contributed by atoms with Gasteiger partial charge in [-0.3, -0.25) is 10.8 Å². The lowest BCUT2D eigenvalue weighted by Crippen LogP contribution is -2.08. The standard InChI is InChI=1S/C5H5N3/c6-4-2-1-3-8-5(4)7/h1-3,6-7H. The Labute approximate surface area is 46.8 Å². The Kier molecular flexibility index (Phi) is 1.04. The van der Waals surface area contributed by atoms with Crippen molar-refractivity contribution in [1.29, 1.82) is 10.8 Å². The molecular formula is C5H5N3. The minimum absolute atomic E-state index is 0.0347. The third-order valence-electron chi connectivity index (χ3n) is 0.808.